The monoisotopic (exact) mass is 371 g/mol. The molecule has 3 rings (SSSR count). The van der Waals surface area contributed by atoms with E-state index in [1.54, 1.807) is 30.3 Å². The number of carbonyl (C=O) groups is 1. The van der Waals surface area contributed by atoms with Crippen LogP contribution in [0.15, 0.2) is 51.7 Å². The van der Waals surface area contributed by atoms with Gasteiger partial charge in [0.15, 0.2) is 5.58 Å². The van der Waals surface area contributed by atoms with Gasteiger partial charge in [-0.1, -0.05) is 12.1 Å². The summed E-state index contributed by atoms with van der Waals surface area (Å²) >= 11 is 0. The van der Waals surface area contributed by atoms with E-state index in [4.69, 9.17) is 4.42 Å². The maximum absolute atomic E-state index is 12.9. The lowest BCUT2D eigenvalue weighted by atomic mass is 10.1. The molecule has 0 saturated carbocycles. The van der Waals surface area contributed by atoms with Crippen molar-refractivity contribution in [1.29, 1.82) is 0 Å². The number of nitrogens with one attached hydrogen (secondary N) is 2. The zero-order valence-corrected chi connectivity index (χ0v) is 15.1. The summed E-state index contributed by atoms with van der Waals surface area (Å²) < 4.78 is 17.9. The molecule has 6 nitrogen and oxygen atoms in total. The minimum Gasteiger partial charge on any atom is -0.408 e. The molecule has 2 N–H and O–H groups in total. The third-order valence-corrected chi connectivity index (χ3v) is 4.29. The van der Waals surface area contributed by atoms with E-state index in [1.807, 2.05) is 11.9 Å². The van der Waals surface area contributed by atoms with Gasteiger partial charge in [-0.05, 0) is 62.7 Å². The number of oxazole rings is 1. The van der Waals surface area contributed by atoms with Crippen molar-refractivity contribution in [3.63, 3.8) is 0 Å². The van der Waals surface area contributed by atoms with Crippen molar-refractivity contribution in [2.45, 2.75) is 19.3 Å². The molecule has 0 aliphatic heterocycles. The van der Waals surface area contributed by atoms with Gasteiger partial charge < -0.3 is 9.73 Å². The Labute approximate surface area is 156 Å². The first-order valence-electron chi connectivity index (χ1n) is 8.85. The van der Waals surface area contributed by atoms with E-state index in [2.05, 4.69) is 10.3 Å². The summed E-state index contributed by atoms with van der Waals surface area (Å²) in [6.07, 6.45) is 2.81. The fourth-order valence-corrected chi connectivity index (χ4v) is 2.91. The number of anilines is 1. The number of amides is 1. The van der Waals surface area contributed by atoms with Crippen LogP contribution < -0.4 is 11.1 Å². The molecule has 27 heavy (non-hydrogen) atoms. The number of hydrogen-bond donors (Lipinski definition) is 2. The lowest BCUT2D eigenvalue weighted by Crippen LogP contribution is -2.30. The maximum atomic E-state index is 12.9. The van der Waals surface area contributed by atoms with E-state index in [-0.39, 0.29) is 18.3 Å². The van der Waals surface area contributed by atoms with Crippen molar-refractivity contribution in [2.24, 2.45) is 0 Å². The Balaban J connectivity index is 1.40. The van der Waals surface area contributed by atoms with Crippen molar-refractivity contribution in [2.75, 3.05) is 25.5 Å². The molecule has 7 heteroatoms. The molecule has 0 spiro atoms. The van der Waals surface area contributed by atoms with Crippen LogP contribution in [-0.4, -0.2) is 35.9 Å². The van der Waals surface area contributed by atoms with Crippen molar-refractivity contribution in [3.8, 4) is 0 Å². The third kappa shape index (κ3) is 5.52. The van der Waals surface area contributed by atoms with Crippen molar-refractivity contribution < 1.29 is 13.6 Å². The Hall–Kier alpha value is -2.93. The summed E-state index contributed by atoms with van der Waals surface area (Å²) in [7, 11) is 1.89. The van der Waals surface area contributed by atoms with Crippen LogP contribution in [-0.2, 0) is 11.2 Å². The summed E-state index contributed by atoms with van der Waals surface area (Å²) in [5.41, 5.74) is 2.70. The van der Waals surface area contributed by atoms with Crippen LogP contribution in [0.3, 0.4) is 0 Å². The van der Waals surface area contributed by atoms with Gasteiger partial charge in [0.1, 0.15) is 5.82 Å². The largest absolute Gasteiger partial charge is 0.417 e. The molecule has 0 radical (unpaired) electrons. The average Bonchev–Trinajstić information content (AvgIpc) is 2.99. The lowest BCUT2D eigenvalue weighted by molar-refractivity contribution is -0.117. The number of rotatable bonds is 8. The predicted molar refractivity (Wildman–Crippen MR) is 102 cm³/mol. The first-order valence-corrected chi connectivity index (χ1v) is 8.85. The Morgan fingerprint density at radius 1 is 1.19 bits per heavy atom. The number of H-pyrrole nitrogens is 1. The van der Waals surface area contributed by atoms with Gasteiger partial charge in [-0.3, -0.25) is 14.7 Å². The molecule has 2 aromatic carbocycles. The topological polar surface area (TPSA) is 78.3 Å². The van der Waals surface area contributed by atoms with E-state index in [9.17, 15) is 14.0 Å². The van der Waals surface area contributed by atoms with Gasteiger partial charge in [0.2, 0.25) is 5.91 Å². The summed E-state index contributed by atoms with van der Waals surface area (Å²) in [5, 5.41) is 2.80. The number of nitrogens with zero attached hydrogens (tertiary/aromatic N) is 1. The first kappa shape index (κ1) is 18.8. The molecule has 0 bridgehead atoms. The molecule has 0 atom stereocenters. The van der Waals surface area contributed by atoms with E-state index < -0.39 is 5.76 Å². The second-order valence-corrected chi connectivity index (χ2v) is 6.59. The van der Waals surface area contributed by atoms with Crippen LogP contribution in [0.4, 0.5) is 10.1 Å². The highest BCUT2D eigenvalue weighted by atomic mass is 19.1. The van der Waals surface area contributed by atoms with Gasteiger partial charge in [-0.25, -0.2) is 9.18 Å². The van der Waals surface area contributed by atoms with Gasteiger partial charge in [0.05, 0.1) is 12.1 Å². The van der Waals surface area contributed by atoms with Crippen LogP contribution in [0, 0.1) is 5.82 Å². The van der Waals surface area contributed by atoms with Crippen molar-refractivity contribution in [3.05, 3.63) is 64.4 Å². The van der Waals surface area contributed by atoms with Gasteiger partial charge in [-0.2, -0.15) is 0 Å². The Kier molecular flexibility index (Phi) is 6.03. The Morgan fingerprint density at radius 3 is 2.74 bits per heavy atom. The highest BCUT2D eigenvalue weighted by molar-refractivity contribution is 5.93. The molecule has 0 aliphatic rings. The molecule has 0 aliphatic carbocycles. The van der Waals surface area contributed by atoms with Crippen LogP contribution in [0.2, 0.25) is 0 Å². The van der Waals surface area contributed by atoms with Crippen LogP contribution in [0.5, 0.6) is 0 Å². The molecule has 0 unspecified atom stereocenters. The number of halogens is 1. The number of unbranched alkanes of at least 4 members (excludes halogenated alkanes) is 1. The van der Waals surface area contributed by atoms with E-state index in [0.717, 1.165) is 31.4 Å². The Bertz CT molecular complexity index is 963. The minimum atomic E-state index is -0.520. The lowest BCUT2D eigenvalue weighted by Gasteiger charge is -2.16. The quantitative estimate of drug-likeness (QED) is 0.596. The zero-order valence-electron chi connectivity index (χ0n) is 15.1. The van der Waals surface area contributed by atoms with E-state index >= 15 is 0 Å². The summed E-state index contributed by atoms with van der Waals surface area (Å²) in [4.78, 5) is 27.8. The highest BCUT2D eigenvalue weighted by Gasteiger charge is 2.08. The smallest absolute Gasteiger partial charge is 0.408 e. The van der Waals surface area contributed by atoms with E-state index in [1.165, 1.54) is 12.1 Å². The van der Waals surface area contributed by atoms with Gasteiger partial charge >= 0.3 is 5.76 Å². The number of hydrogen-bond acceptors (Lipinski definition) is 4. The normalized spacial score (nSPS) is 11.2. The number of likely N-dealkylation sites (N-methyl/N-ethyl adjacent to an activating group) is 1. The standard InChI is InChI=1S/C20H22FN3O3/c1-24(11-3-2-4-14-5-7-15(21)8-6-14)13-19(25)22-16-9-10-17-18(12-16)27-20(26)23-17/h5-10,12H,2-4,11,13H2,1H3,(H,22,25)(H,23,26). The SMILES string of the molecule is CN(CCCCc1ccc(F)cc1)CC(=O)Nc1ccc2[nH]c(=O)oc2c1. The number of fused-ring (bicyclic) bond motifs is 1. The molecule has 1 heterocycles. The number of aromatic amines is 1. The highest BCUT2D eigenvalue weighted by Crippen LogP contribution is 2.16. The van der Waals surface area contributed by atoms with E-state index in [0.29, 0.717) is 16.8 Å². The Morgan fingerprint density at radius 2 is 1.96 bits per heavy atom. The predicted octanol–water partition coefficient (Wildman–Crippen LogP) is 3.15. The fraction of sp³-hybridized carbons (Fsp3) is 0.300. The van der Waals surface area contributed by atoms with Crippen LogP contribution >= 0.6 is 0 Å². The third-order valence-electron chi connectivity index (χ3n) is 4.29. The minimum absolute atomic E-state index is 0.131. The van der Waals surface area contributed by atoms with Crippen molar-refractivity contribution >= 4 is 22.7 Å². The number of aromatic nitrogens is 1. The number of benzene rings is 2. The molecular weight excluding hydrogens is 349 g/mol. The second-order valence-electron chi connectivity index (χ2n) is 6.59. The summed E-state index contributed by atoms with van der Waals surface area (Å²) in [5.74, 6) is -0.871. The molecule has 3 aromatic rings. The summed E-state index contributed by atoms with van der Waals surface area (Å²) in [6, 6.07) is 11.6. The average molecular weight is 371 g/mol. The molecule has 1 amide bonds. The fourth-order valence-electron chi connectivity index (χ4n) is 2.91. The maximum Gasteiger partial charge on any atom is 0.417 e. The summed E-state index contributed by atoms with van der Waals surface area (Å²) in [6.45, 7) is 1.06. The molecule has 0 fully saturated rings. The molecule has 0 saturated heterocycles. The van der Waals surface area contributed by atoms with Crippen LogP contribution in [0.1, 0.15) is 18.4 Å². The zero-order chi connectivity index (χ0) is 19.2. The number of carbonyl (C=O) groups excluding carboxylic acids is 1. The number of aryl methyl sites for hydroxylation is 1. The molecule has 142 valence electrons. The van der Waals surface area contributed by atoms with Gasteiger partial charge in [0, 0.05) is 11.8 Å². The van der Waals surface area contributed by atoms with Gasteiger partial charge in [0.25, 0.3) is 0 Å². The second kappa shape index (κ2) is 8.64. The molecular formula is C20H22FN3O3. The molecule has 1 aromatic heterocycles. The first-order chi connectivity index (χ1) is 13.0. The van der Waals surface area contributed by atoms with Crippen LogP contribution in [0.25, 0.3) is 11.1 Å². The van der Waals surface area contributed by atoms with Crippen molar-refractivity contribution in [1.82, 2.24) is 9.88 Å². The van der Waals surface area contributed by atoms with Gasteiger partial charge in [-0.15, -0.1) is 0 Å².